The molecule has 3 aromatic rings. The van der Waals surface area contributed by atoms with Gasteiger partial charge >= 0.3 is 6.18 Å². The van der Waals surface area contributed by atoms with Crippen LogP contribution in [-0.4, -0.2) is 24.9 Å². The van der Waals surface area contributed by atoms with E-state index in [2.05, 4.69) is 18.9 Å². The highest BCUT2D eigenvalue weighted by atomic mass is 32.1. The summed E-state index contributed by atoms with van der Waals surface area (Å²) in [4.78, 5) is 11.2. The van der Waals surface area contributed by atoms with Gasteiger partial charge < -0.3 is 5.73 Å². The van der Waals surface area contributed by atoms with Gasteiger partial charge in [-0.05, 0) is 24.3 Å². The first-order valence-corrected chi connectivity index (χ1v) is 7.23. The molecule has 2 heterocycles. The molecule has 0 aliphatic carbocycles. The molecule has 6 nitrogen and oxygen atoms in total. The number of amides is 1. The molecule has 2 aromatic heterocycles. The largest absolute Gasteiger partial charge is 0.416 e. The summed E-state index contributed by atoms with van der Waals surface area (Å²) in [7, 11) is 0. The third kappa shape index (κ3) is 3.08. The smallest absolute Gasteiger partial charge is 0.364 e. The van der Waals surface area contributed by atoms with Crippen molar-refractivity contribution in [3.63, 3.8) is 0 Å². The minimum Gasteiger partial charge on any atom is -0.364 e. The Kier molecular flexibility index (Phi) is 3.97. The molecule has 2 N–H and O–H groups in total. The number of nitrogens with two attached hydrogens (primary N) is 1. The van der Waals surface area contributed by atoms with Crippen LogP contribution in [0.25, 0.3) is 22.6 Å². The first kappa shape index (κ1) is 16.0. The van der Waals surface area contributed by atoms with Crippen LogP contribution in [0.2, 0.25) is 0 Å². The topological polar surface area (TPSA) is 94.7 Å². The summed E-state index contributed by atoms with van der Waals surface area (Å²) in [5.74, 6) is -0.729. The van der Waals surface area contributed by atoms with Crippen LogP contribution in [0.1, 0.15) is 16.1 Å². The molecule has 0 unspecified atom stereocenters. The van der Waals surface area contributed by atoms with E-state index in [4.69, 9.17) is 5.73 Å². The van der Waals surface area contributed by atoms with Crippen LogP contribution in [0.3, 0.4) is 0 Å². The fourth-order valence-electron chi connectivity index (χ4n) is 1.96. The number of aromatic nitrogens is 4. The number of halogens is 3. The molecule has 122 valence electrons. The molecule has 10 heteroatoms. The van der Waals surface area contributed by atoms with Crippen molar-refractivity contribution in [2.45, 2.75) is 6.18 Å². The SMILES string of the molecule is NC(=O)c1nsnc1-c1ccc(-c2ccc(C(F)(F)F)cc2)nn1. The summed E-state index contributed by atoms with van der Waals surface area (Å²) in [5, 5.41) is 7.89. The number of carbonyl (C=O) groups excluding carboxylic acids is 1. The molecule has 0 saturated heterocycles. The highest BCUT2D eigenvalue weighted by molar-refractivity contribution is 6.99. The number of primary amides is 1. The van der Waals surface area contributed by atoms with Gasteiger partial charge in [-0.3, -0.25) is 4.79 Å². The molecule has 3 rings (SSSR count). The standard InChI is InChI=1S/C14H8F3N5OS/c15-14(16,17)8-3-1-7(2-4-8)9-5-6-10(20-19-9)11-12(13(18)23)22-24-21-11/h1-6H,(H2,18,23). The van der Waals surface area contributed by atoms with E-state index in [-0.39, 0.29) is 11.4 Å². The second-order valence-corrected chi connectivity index (χ2v) is 5.23. The van der Waals surface area contributed by atoms with Gasteiger partial charge in [-0.25, -0.2) is 0 Å². The molecule has 1 amide bonds. The van der Waals surface area contributed by atoms with Crippen molar-refractivity contribution in [3.8, 4) is 22.6 Å². The Balaban J connectivity index is 1.90. The van der Waals surface area contributed by atoms with E-state index in [1.165, 1.54) is 12.1 Å². The molecule has 0 aliphatic heterocycles. The van der Waals surface area contributed by atoms with E-state index in [9.17, 15) is 18.0 Å². The number of nitrogens with zero attached hydrogens (tertiary/aromatic N) is 4. The lowest BCUT2D eigenvalue weighted by Gasteiger charge is -2.07. The third-order valence-corrected chi connectivity index (χ3v) is 3.67. The first-order valence-electron chi connectivity index (χ1n) is 6.50. The van der Waals surface area contributed by atoms with Crippen molar-refractivity contribution in [1.29, 1.82) is 0 Å². The third-order valence-electron chi connectivity index (χ3n) is 3.14. The first-order chi connectivity index (χ1) is 11.4. The maximum absolute atomic E-state index is 12.6. The highest BCUT2D eigenvalue weighted by Crippen LogP contribution is 2.30. The van der Waals surface area contributed by atoms with Gasteiger partial charge in [0, 0.05) is 5.56 Å². The van der Waals surface area contributed by atoms with Crippen LogP contribution in [0.5, 0.6) is 0 Å². The van der Waals surface area contributed by atoms with Gasteiger partial charge in [0.25, 0.3) is 5.91 Å². The van der Waals surface area contributed by atoms with E-state index in [0.717, 1.165) is 23.9 Å². The van der Waals surface area contributed by atoms with Crippen LogP contribution < -0.4 is 5.73 Å². The van der Waals surface area contributed by atoms with Gasteiger partial charge in [-0.2, -0.15) is 21.9 Å². The van der Waals surface area contributed by atoms with E-state index in [1.54, 1.807) is 12.1 Å². The summed E-state index contributed by atoms with van der Waals surface area (Å²) in [6.07, 6.45) is -4.39. The van der Waals surface area contributed by atoms with Crippen molar-refractivity contribution < 1.29 is 18.0 Å². The molecule has 0 radical (unpaired) electrons. The second-order valence-electron chi connectivity index (χ2n) is 4.70. The minimum atomic E-state index is -4.39. The number of hydrogen-bond acceptors (Lipinski definition) is 6. The predicted octanol–water partition coefficient (Wildman–Crippen LogP) is 2.78. The van der Waals surface area contributed by atoms with Gasteiger partial charge in [0.05, 0.1) is 23.0 Å². The Morgan fingerprint density at radius 2 is 1.58 bits per heavy atom. The Labute approximate surface area is 137 Å². The highest BCUT2D eigenvalue weighted by Gasteiger charge is 2.30. The molecule has 0 atom stereocenters. The summed E-state index contributed by atoms with van der Waals surface area (Å²) in [6.45, 7) is 0. The lowest BCUT2D eigenvalue weighted by atomic mass is 10.1. The molecule has 0 aliphatic rings. The van der Waals surface area contributed by atoms with Crippen molar-refractivity contribution >= 4 is 17.6 Å². The van der Waals surface area contributed by atoms with Gasteiger partial charge in [-0.1, -0.05) is 12.1 Å². The number of benzene rings is 1. The van der Waals surface area contributed by atoms with Crippen molar-refractivity contribution in [3.05, 3.63) is 47.7 Å². The fourth-order valence-corrected chi connectivity index (χ4v) is 2.52. The molecule has 1 aromatic carbocycles. The molecule has 0 saturated carbocycles. The number of hydrogen-bond donors (Lipinski definition) is 1. The molecule has 0 bridgehead atoms. The van der Waals surface area contributed by atoms with Crippen LogP contribution in [0.15, 0.2) is 36.4 Å². The van der Waals surface area contributed by atoms with Crippen LogP contribution >= 0.6 is 11.7 Å². The van der Waals surface area contributed by atoms with E-state index in [1.807, 2.05) is 0 Å². The molecule has 0 spiro atoms. The summed E-state index contributed by atoms with van der Waals surface area (Å²) < 4.78 is 45.4. The fraction of sp³-hybridized carbons (Fsp3) is 0.0714. The van der Waals surface area contributed by atoms with Gasteiger partial charge in [0.2, 0.25) is 0 Å². The maximum atomic E-state index is 12.6. The molecule has 0 fully saturated rings. The van der Waals surface area contributed by atoms with Crippen LogP contribution in [0.4, 0.5) is 13.2 Å². The predicted molar refractivity (Wildman–Crippen MR) is 79.9 cm³/mol. The molecular formula is C14H8F3N5OS. The van der Waals surface area contributed by atoms with Crippen LogP contribution in [0, 0.1) is 0 Å². The van der Waals surface area contributed by atoms with Crippen molar-refractivity contribution in [1.82, 2.24) is 18.9 Å². The Morgan fingerprint density at radius 3 is 2.12 bits per heavy atom. The molecular weight excluding hydrogens is 343 g/mol. The average Bonchev–Trinajstić information content (AvgIpc) is 3.04. The van der Waals surface area contributed by atoms with Gasteiger partial charge in [0.1, 0.15) is 11.4 Å². The van der Waals surface area contributed by atoms with E-state index < -0.39 is 17.6 Å². The molecule has 24 heavy (non-hydrogen) atoms. The quantitative estimate of drug-likeness (QED) is 0.783. The monoisotopic (exact) mass is 351 g/mol. The van der Waals surface area contributed by atoms with Crippen molar-refractivity contribution in [2.75, 3.05) is 0 Å². The zero-order chi connectivity index (χ0) is 17.3. The van der Waals surface area contributed by atoms with Gasteiger partial charge in [-0.15, -0.1) is 10.2 Å². The normalized spacial score (nSPS) is 11.5. The van der Waals surface area contributed by atoms with Crippen LogP contribution in [-0.2, 0) is 6.18 Å². The van der Waals surface area contributed by atoms with E-state index >= 15 is 0 Å². The Bertz CT molecular complexity index is 875. The average molecular weight is 351 g/mol. The summed E-state index contributed by atoms with van der Waals surface area (Å²) in [6, 6.07) is 7.68. The minimum absolute atomic E-state index is 0.00317. The number of alkyl halides is 3. The number of carbonyl (C=O) groups is 1. The van der Waals surface area contributed by atoms with Gasteiger partial charge in [0.15, 0.2) is 5.69 Å². The second kappa shape index (κ2) is 5.96. The Morgan fingerprint density at radius 1 is 0.958 bits per heavy atom. The van der Waals surface area contributed by atoms with Crippen molar-refractivity contribution in [2.24, 2.45) is 5.73 Å². The zero-order valence-corrected chi connectivity index (χ0v) is 12.6. The summed E-state index contributed by atoms with van der Waals surface area (Å²) in [5.41, 5.74) is 5.83. The Hall–Kier alpha value is -2.88. The lowest BCUT2D eigenvalue weighted by Crippen LogP contribution is -2.12. The zero-order valence-electron chi connectivity index (χ0n) is 11.8. The van der Waals surface area contributed by atoms with E-state index in [0.29, 0.717) is 17.0 Å². The maximum Gasteiger partial charge on any atom is 0.416 e. The summed E-state index contributed by atoms with van der Waals surface area (Å²) >= 11 is 0.819. The number of rotatable bonds is 3. The lowest BCUT2D eigenvalue weighted by molar-refractivity contribution is -0.137.